The molecule has 1 N–H and O–H groups in total. The maximum absolute atomic E-state index is 12.7. The van der Waals surface area contributed by atoms with E-state index in [9.17, 15) is 4.79 Å². The van der Waals surface area contributed by atoms with Crippen LogP contribution >= 0.6 is 0 Å². The Kier molecular flexibility index (Phi) is 6.82. The molecule has 1 saturated heterocycles. The van der Waals surface area contributed by atoms with E-state index in [-0.39, 0.29) is 6.03 Å². The quantitative estimate of drug-likeness (QED) is 0.623. The Morgan fingerprint density at radius 1 is 1.03 bits per heavy atom. The van der Waals surface area contributed by atoms with Gasteiger partial charge in [0.1, 0.15) is 23.6 Å². The van der Waals surface area contributed by atoms with E-state index in [1.54, 1.807) is 11.0 Å². The minimum atomic E-state index is -0.0141. The van der Waals surface area contributed by atoms with Crippen LogP contribution in [0.5, 0.6) is 5.75 Å². The lowest BCUT2D eigenvalue weighted by Crippen LogP contribution is -2.51. The Morgan fingerprint density at radius 3 is 2.48 bits per heavy atom. The highest BCUT2D eigenvalue weighted by molar-refractivity contribution is 5.74. The lowest BCUT2D eigenvalue weighted by molar-refractivity contribution is 0.194. The predicted octanol–water partition coefficient (Wildman–Crippen LogP) is 3.62. The first-order valence-electron chi connectivity index (χ1n) is 11.4. The SMILES string of the molecule is CCOc1cc(N2CCN(C(=O)NCc3ccc(C)c(C)c3)CC2)ccc1-n1cnc(C)n1. The number of aromatic nitrogens is 3. The van der Waals surface area contributed by atoms with Crippen LogP contribution in [-0.2, 0) is 6.54 Å². The van der Waals surface area contributed by atoms with Crippen LogP contribution in [0.15, 0.2) is 42.7 Å². The van der Waals surface area contributed by atoms with Crippen molar-refractivity contribution in [1.82, 2.24) is 25.0 Å². The summed E-state index contributed by atoms with van der Waals surface area (Å²) in [7, 11) is 0. The number of anilines is 1. The van der Waals surface area contributed by atoms with Gasteiger partial charge in [-0.3, -0.25) is 0 Å². The monoisotopic (exact) mass is 448 g/mol. The maximum atomic E-state index is 12.7. The number of carbonyl (C=O) groups excluding carboxylic acids is 1. The minimum Gasteiger partial charge on any atom is -0.492 e. The molecule has 1 aromatic heterocycles. The van der Waals surface area contributed by atoms with Gasteiger partial charge in [0, 0.05) is 44.5 Å². The summed E-state index contributed by atoms with van der Waals surface area (Å²) >= 11 is 0. The fourth-order valence-corrected chi connectivity index (χ4v) is 3.99. The van der Waals surface area contributed by atoms with E-state index in [1.165, 1.54) is 11.1 Å². The van der Waals surface area contributed by atoms with Gasteiger partial charge in [-0.1, -0.05) is 18.2 Å². The molecule has 33 heavy (non-hydrogen) atoms. The van der Waals surface area contributed by atoms with Crippen LogP contribution in [0.25, 0.3) is 5.69 Å². The third kappa shape index (κ3) is 5.27. The Balaban J connectivity index is 1.36. The molecule has 1 fully saturated rings. The molecule has 0 unspecified atom stereocenters. The smallest absolute Gasteiger partial charge is 0.317 e. The van der Waals surface area contributed by atoms with Crippen LogP contribution in [0.2, 0.25) is 0 Å². The number of carbonyl (C=O) groups is 1. The van der Waals surface area contributed by atoms with Gasteiger partial charge in [0.15, 0.2) is 0 Å². The zero-order chi connectivity index (χ0) is 23.4. The van der Waals surface area contributed by atoms with Crippen LogP contribution in [0.1, 0.15) is 29.4 Å². The van der Waals surface area contributed by atoms with Crippen molar-refractivity contribution in [3.63, 3.8) is 0 Å². The summed E-state index contributed by atoms with van der Waals surface area (Å²) in [6.45, 7) is 12.0. The average Bonchev–Trinajstić information content (AvgIpc) is 3.26. The standard InChI is InChI=1S/C25H32N6O2/c1-5-33-24-15-22(8-9-23(24)31-17-27-20(4)28-31)29-10-12-30(13-11-29)25(32)26-16-21-7-6-18(2)19(3)14-21/h6-9,14-15,17H,5,10-13,16H2,1-4H3,(H,26,32). The van der Waals surface area contributed by atoms with Crippen molar-refractivity contribution in [3.8, 4) is 11.4 Å². The fraction of sp³-hybridized carbons (Fsp3) is 0.400. The van der Waals surface area contributed by atoms with E-state index < -0.39 is 0 Å². The summed E-state index contributed by atoms with van der Waals surface area (Å²) in [4.78, 5) is 21.1. The molecule has 0 spiro atoms. The lowest BCUT2D eigenvalue weighted by atomic mass is 10.1. The van der Waals surface area contributed by atoms with Gasteiger partial charge in [-0.05, 0) is 56.5 Å². The van der Waals surface area contributed by atoms with E-state index in [2.05, 4.69) is 58.4 Å². The van der Waals surface area contributed by atoms with E-state index in [0.29, 0.717) is 32.1 Å². The fourth-order valence-electron chi connectivity index (χ4n) is 3.99. The van der Waals surface area contributed by atoms with Gasteiger partial charge in [-0.15, -0.1) is 0 Å². The zero-order valence-electron chi connectivity index (χ0n) is 19.8. The van der Waals surface area contributed by atoms with Gasteiger partial charge in [-0.25, -0.2) is 14.5 Å². The first-order valence-corrected chi connectivity index (χ1v) is 11.4. The largest absolute Gasteiger partial charge is 0.492 e. The summed E-state index contributed by atoms with van der Waals surface area (Å²) in [5.74, 6) is 1.49. The van der Waals surface area contributed by atoms with Gasteiger partial charge < -0.3 is 19.9 Å². The van der Waals surface area contributed by atoms with Crippen molar-refractivity contribution >= 4 is 11.7 Å². The second-order valence-corrected chi connectivity index (χ2v) is 8.37. The molecule has 1 aliphatic rings. The Bertz CT molecular complexity index is 1120. The molecule has 0 aliphatic carbocycles. The molecule has 0 bridgehead atoms. The van der Waals surface area contributed by atoms with Crippen molar-refractivity contribution in [2.24, 2.45) is 0 Å². The molecule has 0 radical (unpaired) electrons. The van der Waals surface area contributed by atoms with Crippen molar-refractivity contribution < 1.29 is 9.53 Å². The molecule has 8 heteroatoms. The average molecular weight is 449 g/mol. The number of amides is 2. The molecule has 174 valence electrons. The number of nitrogens with zero attached hydrogens (tertiary/aromatic N) is 5. The molecule has 2 heterocycles. The van der Waals surface area contributed by atoms with Crippen LogP contribution in [-0.4, -0.2) is 58.5 Å². The molecule has 2 amide bonds. The number of urea groups is 1. The highest BCUT2D eigenvalue weighted by Gasteiger charge is 2.22. The van der Waals surface area contributed by atoms with Crippen molar-refractivity contribution in [2.75, 3.05) is 37.7 Å². The Hall–Kier alpha value is -3.55. The van der Waals surface area contributed by atoms with Crippen LogP contribution in [0.4, 0.5) is 10.5 Å². The highest BCUT2D eigenvalue weighted by Crippen LogP contribution is 2.29. The Morgan fingerprint density at radius 2 is 1.82 bits per heavy atom. The summed E-state index contributed by atoms with van der Waals surface area (Å²) in [6.07, 6.45) is 1.70. The van der Waals surface area contributed by atoms with Crippen molar-refractivity contribution in [2.45, 2.75) is 34.2 Å². The number of rotatable bonds is 6. The third-order valence-electron chi connectivity index (χ3n) is 6.04. The molecule has 1 aliphatic heterocycles. The molecular weight excluding hydrogens is 416 g/mol. The highest BCUT2D eigenvalue weighted by atomic mass is 16.5. The summed E-state index contributed by atoms with van der Waals surface area (Å²) in [6, 6.07) is 12.4. The van der Waals surface area contributed by atoms with E-state index in [4.69, 9.17) is 4.74 Å². The van der Waals surface area contributed by atoms with E-state index >= 15 is 0 Å². The number of aryl methyl sites for hydroxylation is 3. The number of benzene rings is 2. The third-order valence-corrected chi connectivity index (χ3v) is 6.04. The molecular formula is C25H32N6O2. The van der Waals surface area contributed by atoms with Crippen molar-refractivity contribution in [1.29, 1.82) is 0 Å². The summed E-state index contributed by atoms with van der Waals surface area (Å²) in [5, 5.41) is 7.46. The number of piperazine rings is 1. The normalized spacial score (nSPS) is 13.8. The number of hydrogen-bond acceptors (Lipinski definition) is 5. The molecule has 3 aromatic rings. The second kappa shape index (κ2) is 9.94. The van der Waals surface area contributed by atoms with E-state index in [1.807, 2.05) is 30.9 Å². The Labute approximate surface area is 195 Å². The van der Waals surface area contributed by atoms with Gasteiger partial charge in [-0.2, -0.15) is 5.10 Å². The predicted molar refractivity (Wildman–Crippen MR) is 129 cm³/mol. The summed E-state index contributed by atoms with van der Waals surface area (Å²) in [5.41, 5.74) is 5.57. The number of ether oxygens (including phenoxy) is 1. The van der Waals surface area contributed by atoms with Gasteiger partial charge in [0.05, 0.1) is 6.61 Å². The zero-order valence-corrected chi connectivity index (χ0v) is 19.8. The van der Waals surface area contributed by atoms with Gasteiger partial charge in [0.25, 0.3) is 0 Å². The minimum absolute atomic E-state index is 0.0141. The molecule has 4 rings (SSSR count). The maximum Gasteiger partial charge on any atom is 0.317 e. The molecule has 8 nitrogen and oxygen atoms in total. The van der Waals surface area contributed by atoms with E-state index in [0.717, 1.165) is 35.8 Å². The topological polar surface area (TPSA) is 75.5 Å². The van der Waals surface area contributed by atoms with Crippen LogP contribution < -0.4 is 15.0 Å². The van der Waals surface area contributed by atoms with Gasteiger partial charge >= 0.3 is 6.03 Å². The first kappa shape index (κ1) is 22.6. The van der Waals surface area contributed by atoms with Crippen molar-refractivity contribution in [3.05, 3.63) is 65.2 Å². The van der Waals surface area contributed by atoms with Gasteiger partial charge in [0.2, 0.25) is 0 Å². The summed E-state index contributed by atoms with van der Waals surface area (Å²) < 4.78 is 7.63. The first-order chi connectivity index (χ1) is 15.9. The molecule has 0 atom stereocenters. The number of hydrogen-bond donors (Lipinski definition) is 1. The molecule has 0 saturated carbocycles. The second-order valence-electron chi connectivity index (χ2n) is 8.37. The number of nitrogens with one attached hydrogen (secondary N) is 1. The van der Waals surface area contributed by atoms with Crippen LogP contribution in [0.3, 0.4) is 0 Å². The van der Waals surface area contributed by atoms with Crippen LogP contribution in [0, 0.1) is 20.8 Å². The molecule has 2 aromatic carbocycles. The lowest BCUT2D eigenvalue weighted by Gasteiger charge is -2.36.